The van der Waals surface area contributed by atoms with Crippen LogP contribution < -0.4 is 33.2 Å². The first-order valence-electron chi connectivity index (χ1n) is 11.4. The summed E-state index contributed by atoms with van der Waals surface area (Å²) in [5.74, 6) is -5.98. The molecule has 4 unspecified atom stereocenters. The third kappa shape index (κ3) is 10.9. The van der Waals surface area contributed by atoms with Crippen LogP contribution in [0, 0.1) is 5.92 Å². The average molecular weight is 523 g/mol. The molecular formula is C23H34N6O8. The zero-order valence-corrected chi connectivity index (χ0v) is 20.6. The van der Waals surface area contributed by atoms with Crippen LogP contribution in [0.15, 0.2) is 24.3 Å². The van der Waals surface area contributed by atoms with E-state index >= 15 is 0 Å². The second-order valence-corrected chi connectivity index (χ2v) is 8.84. The van der Waals surface area contributed by atoms with Crippen molar-refractivity contribution in [3.05, 3.63) is 29.8 Å². The Morgan fingerprint density at radius 1 is 0.811 bits per heavy atom. The molecular weight excluding hydrogens is 488 g/mol. The first-order chi connectivity index (χ1) is 17.2. The van der Waals surface area contributed by atoms with E-state index in [1.54, 1.807) is 13.8 Å². The van der Waals surface area contributed by atoms with Crippen molar-refractivity contribution in [1.82, 2.24) is 16.0 Å². The summed E-state index contributed by atoms with van der Waals surface area (Å²) in [7, 11) is 0. The molecule has 0 fully saturated rings. The maximum atomic E-state index is 13.1. The minimum absolute atomic E-state index is 0.0445. The number of aromatic hydroxyl groups is 1. The summed E-state index contributed by atoms with van der Waals surface area (Å²) in [4.78, 5) is 72.5. The number of nitrogens with two attached hydrogens (primary N) is 3. The molecule has 11 N–H and O–H groups in total. The van der Waals surface area contributed by atoms with Crippen LogP contribution in [-0.4, -0.2) is 69.9 Å². The van der Waals surface area contributed by atoms with Gasteiger partial charge in [-0.25, -0.2) is 4.79 Å². The molecule has 37 heavy (non-hydrogen) atoms. The Balaban J connectivity index is 3.20. The van der Waals surface area contributed by atoms with Gasteiger partial charge in [-0.1, -0.05) is 26.0 Å². The van der Waals surface area contributed by atoms with Gasteiger partial charge >= 0.3 is 5.97 Å². The zero-order chi connectivity index (χ0) is 28.3. The second-order valence-electron chi connectivity index (χ2n) is 8.84. The van der Waals surface area contributed by atoms with E-state index in [0.717, 1.165) is 0 Å². The molecule has 0 aliphatic carbocycles. The van der Waals surface area contributed by atoms with Gasteiger partial charge in [0.1, 0.15) is 23.9 Å². The van der Waals surface area contributed by atoms with Crippen LogP contribution in [0.2, 0.25) is 0 Å². The van der Waals surface area contributed by atoms with Gasteiger partial charge in [0.05, 0.1) is 12.5 Å². The van der Waals surface area contributed by atoms with Crippen molar-refractivity contribution < 1.29 is 39.0 Å². The molecule has 0 radical (unpaired) electrons. The zero-order valence-electron chi connectivity index (χ0n) is 20.6. The Hall–Kier alpha value is -4.20. The lowest BCUT2D eigenvalue weighted by atomic mass is 10.0. The molecule has 14 nitrogen and oxygen atoms in total. The molecule has 0 saturated heterocycles. The highest BCUT2D eigenvalue weighted by Crippen LogP contribution is 2.12. The van der Waals surface area contributed by atoms with E-state index in [2.05, 4.69) is 16.0 Å². The molecule has 5 amide bonds. The lowest BCUT2D eigenvalue weighted by Crippen LogP contribution is -2.58. The largest absolute Gasteiger partial charge is 0.508 e. The fourth-order valence-corrected chi connectivity index (χ4v) is 3.15. The number of hydrogen-bond donors (Lipinski definition) is 8. The van der Waals surface area contributed by atoms with Gasteiger partial charge in [0.15, 0.2) is 0 Å². The number of carbonyl (C=O) groups is 6. The fourth-order valence-electron chi connectivity index (χ4n) is 3.15. The predicted molar refractivity (Wildman–Crippen MR) is 130 cm³/mol. The summed E-state index contributed by atoms with van der Waals surface area (Å²) in [6.45, 7) is 3.40. The van der Waals surface area contributed by atoms with Gasteiger partial charge < -0.3 is 43.4 Å². The van der Waals surface area contributed by atoms with Gasteiger partial charge in [-0.15, -0.1) is 0 Å². The molecule has 14 heteroatoms. The van der Waals surface area contributed by atoms with Gasteiger partial charge in [-0.3, -0.25) is 24.0 Å². The van der Waals surface area contributed by atoms with Crippen LogP contribution in [0.25, 0.3) is 0 Å². The Bertz CT molecular complexity index is 997. The normalized spacial score (nSPS) is 14.1. The molecule has 1 aromatic rings. The maximum Gasteiger partial charge on any atom is 0.326 e. The van der Waals surface area contributed by atoms with Crippen LogP contribution in [0.4, 0.5) is 0 Å². The van der Waals surface area contributed by atoms with Crippen LogP contribution in [0.5, 0.6) is 5.75 Å². The van der Waals surface area contributed by atoms with Crippen LogP contribution in [0.3, 0.4) is 0 Å². The number of carboxylic acid groups (broad SMARTS) is 1. The number of carboxylic acids is 1. The van der Waals surface area contributed by atoms with E-state index in [9.17, 15) is 39.0 Å². The summed E-state index contributed by atoms with van der Waals surface area (Å²) in [5, 5.41) is 25.9. The average Bonchev–Trinajstić information content (AvgIpc) is 2.80. The molecule has 0 aliphatic rings. The predicted octanol–water partition coefficient (Wildman–Crippen LogP) is -2.40. The number of nitrogens with one attached hydrogen (secondary N) is 3. The molecule has 0 aromatic heterocycles. The number of aliphatic carboxylic acids is 1. The third-order valence-corrected chi connectivity index (χ3v) is 5.36. The molecule has 1 aromatic carbocycles. The molecule has 204 valence electrons. The third-order valence-electron chi connectivity index (χ3n) is 5.36. The lowest BCUT2D eigenvalue weighted by Gasteiger charge is -2.25. The molecule has 4 atom stereocenters. The molecule has 0 bridgehead atoms. The Kier molecular flexibility index (Phi) is 12.0. The van der Waals surface area contributed by atoms with E-state index in [1.807, 2.05) is 0 Å². The summed E-state index contributed by atoms with van der Waals surface area (Å²) in [5.41, 5.74) is 16.6. The van der Waals surface area contributed by atoms with Gasteiger partial charge in [-0.2, -0.15) is 0 Å². The van der Waals surface area contributed by atoms with Crippen molar-refractivity contribution in [2.75, 3.05) is 0 Å². The van der Waals surface area contributed by atoms with E-state index < -0.39 is 66.1 Å². The van der Waals surface area contributed by atoms with Crippen molar-refractivity contribution in [1.29, 1.82) is 0 Å². The molecule has 1 rings (SSSR count). The number of carbonyl (C=O) groups excluding carboxylic acids is 5. The van der Waals surface area contributed by atoms with E-state index in [0.29, 0.717) is 5.56 Å². The summed E-state index contributed by atoms with van der Waals surface area (Å²) in [6.07, 6.45) is -1.29. The van der Waals surface area contributed by atoms with Gasteiger partial charge in [0.25, 0.3) is 0 Å². The van der Waals surface area contributed by atoms with Crippen LogP contribution in [0.1, 0.15) is 38.7 Å². The lowest BCUT2D eigenvalue weighted by molar-refractivity contribution is -0.143. The molecule has 0 spiro atoms. The Morgan fingerprint density at radius 3 is 1.81 bits per heavy atom. The van der Waals surface area contributed by atoms with Crippen molar-refractivity contribution in [3.63, 3.8) is 0 Å². The molecule has 0 aliphatic heterocycles. The maximum absolute atomic E-state index is 13.1. The van der Waals surface area contributed by atoms with Crippen molar-refractivity contribution in [2.24, 2.45) is 23.1 Å². The topological polar surface area (TPSA) is 257 Å². The van der Waals surface area contributed by atoms with Crippen molar-refractivity contribution in [2.45, 2.75) is 63.7 Å². The first kappa shape index (κ1) is 30.8. The van der Waals surface area contributed by atoms with Crippen molar-refractivity contribution in [3.8, 4) is 5.75 Å². The SMILES string of the molecule is CC(C)C(N)C(=O)NC(CCC(N)=O)C(=O)NC(Cc1ccc(O)cc1)C(=O)NC(CC(N)=O)C(=O)O. The minimum Gasteiger partial charge on any atom is -0.508 e. The number of phenolic OH excluding ortho intramolecular Hbond substituents is 1. The highest BCUT2D eigenvalue weighted by molar-refractivity contribution is 5.95. The molecule has 0 saturated carbocycles. The van der Waals surface area contributed by atoms with Gasteiger partial charge in [0.2, 0.25) is 29.5 Å². The Morgan fingerprint density at radius 2 is 1.32 bits per heavy atom. The summed E-state index contributed by atoms with van der Waals surface area (Å²) >= 11 is 0. The summed E-state index contributed by atoms with van der Waals surface area (Å²) < 4.78 is 0. The van der Waals surface area contributed by atoms with Crippen LogP contribution >= 0.6 is 0 Å². The number of hydrogen-bond acceptors (Lipinski definition) is 8. The first-order valence-corrected chi connectivity index (χ1v) is 11.4. The number of benzene rings is 1. The number of phenols is 1. The fraction of sp³-hybridized carbons (Fsp3) is 0.478. The number of rotatable bonds is 15. The van der Waals surface area contributed by atoms with E-state index in [4.69, 9.17) is 17.2 Å². The van der Waals surface area contributed by atoms with Crippen LogP contribution in [-0.2, 0) is 35.2 Å². The quantitative estimate of drug-likeness (QED) is 0.122. The minimum atomic E-state index is -1.65. The van der Waals surface area contributed by atoms with Crippen molar-refractivity contribution >= 4 is 35.5 Å². The molecule has 0 heterocycles. The second kappa shape index (κ2) is 14.4. The van der Waals surface area contributed by atoms with Gasteiger partial charge in [0, 0.05) is 12.8 Å². The van der Waals surface area contributed by atoms with Gasteiger partial charge in [-0.05, 0) is 30.0 Å². The standard InChI is InChI=1S/C23H34N6O8/c1-11(2)19(26)22(35)27-14(7-8-17(24)31)20(33)28-15(9-12-3-5-13(30)6-4-12)21(34)29-16(23(36)37)10-18(25)32/h3-6,11,14-16,19,30H,7-10,26H2,1-2H3,(H2,24,31)(H2,25,32)(H,27,35)(H,28,33)(H,29,34)(H,36,37). The smallest absolute Gasteiger partial charge is 0.326 e. The monoisotopic (exact) mass is 522 g/mol. The van der Waals surface area contributed by atoms with E-state index in [1.165, 1.54) is 24.3 Å². The highest BCUT2D eigenvalue weighted by atomic mass is 16.4. The van der Waals surface area contributed by atoms with E-state index in [-0.39, 0.29) is 30.9 Å². The highest BCUT2D eigenvalue weighted by Gasteiger charge is 2.31. The number of primary amides is 2. The Labute approximate surface area is 213 Å². The number of amides is 5. The summed E-state index contributed by atoms with van der Waals surface area (Å²) in [6, 6.07) is 0.384.